The Kier molecular flexibility index (Phi) is 7.13. The topological polar surface area (TPSA) is 42.8 Å². The predicted octanol–water partition coefficient (Wildman–Crippen LogP) is 1.12. The Hall–Kier alpha value is -0.460. The number of ether oxygens (including phenoxy) is 1. The lowest BCUT2D eigenvalue weighted by Gasteiger charge is -2.23. The number of benzene rings is 1. The molecule has 0 radical (unpaired) electrons. The number of halogens is 2. The highest BCUT2D eigenvalue weighted by molar-refractivity contribution is 8.00. The molecule has 1 aromatic rings. The fraction of sp³-hybridized carbons (Fsp3) is 0.500. The first-order chi connectivity index (χ1) is 10.1. The summed E-state index contributed by atoms with van der Waals surface area (Å²) in [5.74, 6) is 0.363. The molecule has 1 aliphatic rings. The Balaban J connectivity index is 1.66. The van der Waals surface area contributed by atoms with E-state index >= 15 is 0 Å². The number of quaternary nitrogens is 1. The number of morpholine rings is 1. The minimum absolute atomic E-state index is 0.0173. The van der Waals surface area contributed by atoms with E-state index in [-0.39, 0.29) is 5.91 Å². The van der Waals surface area contributed by atoms with Crippen molar-refractivity contribution in [1.82, 2.24) is 5.32 Å². The second-order valence-corrected chi connectivity index (χ2v) is 6.69. The van der Waals surface area contributed by atoms with E-state index in [1.54, 1.807) is 18.2 Å². The van der Waals surface area contributed by atoms with E-state index in [0.717, 1.165) is 37.7 Å². The summed E-state index contributed by atoms with van der Waals surface area (Å²) in [7, 11) is 0. The van der Waals surface area contributed by atoms with Crippen LogP contribution in [0.5, 0.6) is 0 Å². The van der Waals surface area contributed by atoms with Gasteiger partial charge in [-0.1, -0.05) is 23.2 Å². The van der Waals surface area contributed by atoms with Crippen molar-refractivity contribution in [2.24, 2.45) is 0 Å². The number of carbonyl (C=O) groups excluding carboxylic acids is 1. The van der Waals surface area contributed by atoms with Crippen LogP contribution >= 0.6 is 35.0 Å². The van der Waals surface area contributed by atoms with Gasteiger partial charge in [-0.2, -0.15) is 0 Å². The second-order valence-electron chi connectivity index (χ2n) is 4.83. The van der Waals surface area contributed by atoms with Crippen molar-refractivity contribution < 1.29 is 14.4 Å². The monoisotopic (exact) mass is 349 g/mol. The smallest absolute Gasteiger partial charge is 0.230 e. The van der Waals surface area contributed by atoms with Crippen LogP contribution in [0.3, 0.4) is 0 Å². The fourth-order valence-electron chi connectivity index (χ4n) is 2.07. The SMILES string of the molecule is O=C(CSc1cc(Cl)ccc1Cl)NCC[NH+]1CCOCC1. The molecule has 1 aromatic carbocycles. The normalized spacial score (nSPS) is 15.9. The van der Waals surface area contributed by atoms with E-state index in [1.807, 2.05) is 0 Å². The maximum Gasteiger partial charge on any atom is 0.230 e. The summed E-state index contributed by atoms with van der Waals surface area (Å²) in [5.41, 5.74) is 0. The lowest BCUT2D eigenvalue weighted by atomic mass is 10.4. The highest BCUT2D eigenvalue weighted by Crippen LogP contribution is 2.29. The number of amides is 1. The quantitative estimate of drug-likeness (QED) is 0.756. The summed E-state index contributed by atoms with van der Waals surface area (Å²) >= 11 is 13.4. The number of hydrogen-bond acceptors (Lipinski definition) is 3. The van der Waals surface area contributed by atoms with Crippen LogP contribution in [0.15, 0.2) is 23.1 Å². The van der Waals surface area contributed by atoms with Crippen LogP contribution in [0.2, 0.25) is 10.0 Å². The van der Waals surface area contributed by atoms with E-state index < -0.39 is 0 Å². The summed E-state index contributed by atoms with van der Waals surface area (Å²) < 4.78 is 5.30. The maximum absolute atomic E-state index is 11.8. The largest absolute Gasteiger partial charge is 0.370 e. The lowest BCUT2D eigenvalue weighted by molar-refractivity contribution is -0.906. The molecule has 0 aliphatic carbocycles. The molecule has 7 heteroatoms. The average molecular weight is 350 g/mol. The third kappa shape index (κ3) is 6.04. The van der Waals surface area contributed by atoms with Gasteiger partial charge in [0.15, 0.2) is 0 Å². The van der Waals surface area contributed by atoms with Gasteiger partial charge in [0.05, 0.1) is 37.1 Å². The van der Waals surface area contributed by atoms with Gasteiger partial charge in [-0.15, -0.1) is 11.8 Å². The molecule has 2 rings (SSSR count). The molecule has 4 nitrogen and oxygen atoms in total. The molecular weight excluding hydrogens is 331 g/mol. The second kappa shape index (κ2) is 8.86. The van der Waals surface area contributed by atoms with Gasteiger partial charge in [-0.3, -0.25) is 4.79 Å². The van der Waals surface area contributed by atoms with Gasteiger partial charge in [0, 0.05) is 9.92 Å². The molecule has 0 bridgehead atoms. The van der Waals surface area contributed by atoms with Crippen LogP contribution in [-0.2, 0) is 9.53 Å². The highest BCUT2D eigenvalue weighted by atomic mass is 35.5. The van der Waals surface area contributed by atoms with Crippen LogP contribution in [-0.4, -0.2) is 51.1 Å². The molecule has 2 N–H and O–H groups in total. The minimum Gasteiger partial charge on any atom is -0.370 e. The van der Waals surface area contributed by atoms with Gasteiger partial charge >= 0.3 is 0 Å². The van der Waals surface area contributed by atoms with Crippen molar-refractivity contribution in [3.63, 3.8) is 0 Å². The Labute approximate surface area is 139 Å². The molecule has 21 heavy (non-hydrogen) atoms. The van der Waals surface area contributed by atoms with Gasteiger partial charge in [-0.25, -0.2) is 0 Å². The van der Waals surface area contributed by atoms with Gasteiger partial charge in [-0.05, 0) is 18.2 Å². The molecule has 1 aliphatic heterocycles. The zero-order valence-electron chi connectivity index (χ0n) is 11.7. The summed E-state index contributed by atoms with van der Waals surface area (Å²) in [5, 5.41) is 4.18. The molecule has 1 heterocycles. The lowest BCUT2D eigenvalue weighted by Crippen LogP contribution is -3.14. The van der Waals surface area contributed by atoms with Crippen LogP contribution in [0.1, 0.15) is 0 Å². The van der Waals surface area contributed by atoms with Gasteiger partial charge in [0.2, 0.25) is 5.91 Å². The van der Waals surface area contributed by atoms with Crippen LogP contribution < -0.4 is 10.2 Å². The van der Waals surface area contributed by atoms with E-state index in [9.17, 15) is 4.79 Å². The summed E-state index contributed by atoms with van der Waals surface area (Å²) in [6.45, 7) is 5.29. The van der Waals surface area contributed by atoms with Crippen LogP contribution in [0, 0.1) is 0 Å². The molecule has 0 aromatic heterocycles. The number of thioether (sulfide) groups is 1. The molecular formula is C14H19Cl2N2O2S+. The molecule has 0 saturated carbocycles. The zero-order chi connectivity index (χ0) is 15.1. The number of hydrogen-bond donors (Lipinski definition) is 2. The van der Waals surface area contributed by atoms with E-state index in [0.29, 0.717) is 22.3 Å². The predicted molar refractivity (Wildman–Crippen MR) is 86.6 cm³/mol. The third-order valence-corrected chi connectivity index (χ3v) is 4.98. The molecule has 0 atom stereocenters. The van der Waals surface area contributed by atoms with Crippen molar-refractivity contribution in [3.05, 3.63) is 28.2 Å². The molecule has 1 fully saturated rings. The number of carbonyl (C=O) groups is 1. The Morgan fingerprint density at radius 1 is 1.33 bits per heavy atom. The Bertz CT molecular complexity index is 482. The van der Waals surface area contributed by atoms with Gasteiger partial charge < -0.3 is 15.0 Å². The number of nitrogens with one attached hydrogen (secondary N) is 2. The first-order valence-electron chi connectivity index (χ1n) is 6.91. The van der Waals surface area contributed by atoms with Crippen LogP contribution in [0.4, 0.5) is 0 Å². The third-order valence-electron chi connectivity index (χ3n) is 3.25. The first-order valence-corrected chi connectivity index (χ1v) is 8.65. The number of rotatable bonds is 6. The minimum atomic E-state index is 0.0173. The molecule has 1 amide bonds. The molecule has 1 saturated heterocycles. The van der Waals surface area contributed by atoms with Crippen molar-refractivity contribution in [2.45, 2.75) is 4.90 Å². The van der Waals surface area contributed by atoms with Crippen molar-refractivity contribution in [1.29, 1.82) is 0 Å². The summed E-state index contributed by atoms with van der Waals surface area (Å²) in [6.07, 6.45) is 0. The van der Waals surface area contributed by atoms with Gasteiger partial charge in [0.1, 0.15) is 13.1 Å². The standard InChI is InChI=1S/C14H18Cl2N2O2S/c15-11-1-2-12(16)13(9-11)21-10-14(19)17-3-4-18-5-7-20-8-6-18/h1-2,9H,3-8,10H2,(H,17,19)/p+1. The first kappa shape index (κ1) is 16.9. The molecule has 0 unspecified atom stereocenters. The van der Waals surface area contributed by atoms with E-state index in [4.69, 9.17) is 27.9 Å². The molecule has 0 spiro atoms. The Morgan fingerprint density at radius 3 is 2.86 bits per heavy atom. The van der Waals surface area contributed by atoms with Gasteiger partial charge in [0.25, 0.3) is 0 Å². The van der Waals surface area contributed by atoms with Crippen LogP contribution in [0.25, 0.3) is 0 Å². The van der Waals surface area contributed by atoms with Crippen molar-refractivity contribution in [2.75, 3.05) is 45.1 Å². The maximum atomic E-state index is 11.8. The zero-order valence-corrected chi connectivity index (χ0v) is 14.0. The highest BCUT2D eigenvalue weighted by Gasteiger charge is 2.13. The molecule has 116 valence electrons. The summed E-state index contributed by atoms with van der Waals surface area (Å²) in [4.78, 5) is 14.1. The van der Waals surface area contributed by atoms with Crippen molar-refractivity contribution in [3.8, 4) is 0 Å². The summed E-state index contributed by atoms with van der Waals surface area (Å²) in [6, 6.07) is 5.25. The Morgan fingerprint density at radius 2 is 2.10 bits per heavy atom. The van der Waals surface area contributed by atoms with E-state index in [2.05, 4.69) is 5.32 Å². The average Bonchev–Trinajstić information content (AvgIpc) is 2.49. The van der Waals surface area contributed by atoms with Crippen molar-refractivity contribution >= 4 is 40.9 Å². The van der Waals surface area contributed by atoms with E-state index in [1.165, 1.54) is 16.7 Å². The fourth-order valence-corrected chi connectivity index (χ4v) is 3.39.